The van der Waals surface area contributed by atoms with Crippen molar-refractivity contribution in [1.29, 1.82) is 0 Å². The van der Waals surface area contributed by atoms with Crippen LogP contribution in [0.1, 0.15) is 12.8 Å². The molecule has 0 atom stereocenters. The van der Waals surface area contributed by atoms with E-state index >= 15 is 0 Å². The van der Waals surface area contributed by atoms with Gasteiger partial charge in [-0.15, -0.1) is 0 Å². The summed E-state index contributed by atoms with van der Waals surface area (Å²) in [6.07, 6.45) is 8.78. The molecule has 10 heavy (non-hydrogen) atoms. The monoisotopic (exact) mass is 151 g/mol. The predicted octanol–water partition coefficient (Wildman–Crippen LogP) is 0.536. The van der Waals surface area contributed by atoms with Gasteiger partial charge in [0.1, 0.15) is 0 Å². The molecule has 1 aromatic rings. The maximum Gasteiger partial charge on any atom is 0.0545 e. The summed E-state index contributed by atoms with van der Waals surface area (Å²) < 4.78 is 1.87. The molecule has 0 radical (unpaired) electrons. The molecular weight excluding hydrogens is 142 g/mol. The van der Waals surface area contributed by atoms with Gasteiger partial charge in [0.05, 0.1) is 5.35 Å². The van der Waals surface area contributed by atoms with Gasteiger partial charge in [-0.3, -0.25) is 3.97 Å². The zero-order valence-corrected chi connectivity index (χ0v) is 6.51. The third-order valence-corrected chi connectivity index (χ3v) is 2.16. The maximum absolute atomic E-state index is 4.25. The van der Waals surface area contributed by atoms with Crippen LogP contribution in [-0.2, 0) is 0 Å². The first-order chi connectivity index (χ1) is 4.88. The van der Waals surface area contributed by atoms with Crippen LogP contribution in [0.15, 0.2) is 12.3 Å². The molecule has 2 heteroatoms. The van der Waals surface area contributed by atoms with Gasteiger partial charge in [0, 0.05) is 6.20 Å². The number of hydrogen-bond acceptors (Lipinski definition) is 1. The molecule has 52 valence electrons. The van der Waals surface area contributed by atoms with Gasteiger partial charge in [-0.25, -0.2) is 0 Å². The fourth-order valence-electron chi connectivity index (χ4n) is 1.29. The van der Waals surface area contributed by atoms with Gasteiger partial charge in [-0.1, -0.05) is 25.0 Å². The molecule has 1 nitrogen and oxygen atoms in total. The summed E-state index contributed by atoms with van der Waals surface area (Å²) in [5.74, 6) is 0. The van der Waals surface area contributed by atoms with Gasteiger partial charge in [0.25, 0.3) is 0 Å². The molecule has 1 aliphatic rings. The van der Waals surface area contributed by atoms with Crippen LogP contribution in [0, 0.1) is 0 Å². The van der Waals surface area contributed by atoms with Crippen LogP contribution < -0.4 is 10.6 Å². The van der Waals surface area contributed by atoms with E-state index in [0.717, 1.165) is 6.42 Å². The van der Waals surface area contributed by atoms with Gasteiger partial charge in [0.2, 0.25) is 0 Å². The van der Waals surface area contributed by atoms with Crippen molar-refractivity contribution in [2.75, 3.05) is 0 Å². The Balaban J connectivity index is 2.89. The fraction of sp³-hybridized carbons (Fsp3) is 0.250. The number of nitrogens with zero attached hydrogens (tertiary/aromatic N) is 1. The summed E-state index contributed by atoms with van der Waals surface area (Å²) in [5.41, 5.74) is 0. The van der Waals surface area contributed by atoms with E-state index in [1.807, 2.05) is 10.2 Å². The molecule has 1 heterocycles. The molecule has 0 N–H and O–H groups in total. The molecule has 1 aromatic heterocycles. The lowest BCUT2D eigenvalue weighted by Gasteiger charge is -1.95. The highest BCUT2D eigenvalue weighted by Crippen LogP contribution is 1.95. The van der Waals surface area contributed by atoms with Gasteiger partial charge in [-0.05, 0) is 24.1 Å². The summed E-state index contributed by atoms with van der Waals surface area (Å²) >= 11 is 4.25. The first kappa shape index (κ1) is 6.10. The van der Waals surface area contributed by atoms with Crippen molar-refractivity contribution in [1.82, 2.24) is 3.97 Å². The number of rotatable bonds is 0. The van der Waals surface area contributed by atoms with Crippen molar-refractivity contribution in [2.45, 2.75) is 12.8 Å². The van der Waals surface area contributed by atoms with Gasteiger partial charge < -0.3 is 0 Å². The third-order valence-electron chi connectivity index (χ3n) is 1.81. The summed E-state index contributed by atoms with van der Waals surface area (Å²) in [6.45, 7) is 0. The molecular formula is C8H9NS. The highest BCUT2D eigenvalue weighted by atomic mass is 32.1. The van der Waals surface area contributed by atoms with Crippen LogP contribution in [0.5, 0.6) is 0 Å². The minimum atomic E-state index is 1.15. The fourth-order valence-corrected chi connectivity index (χ4v) is 1.56. The van der Waals surface area contributed by atoms with E-state index in [4.69, 9.17) is 0 Å². The summed E-state index contributed by atoms with van der Waals surface area (Å²) in [4.78, 5) is 0. The topological polar surface area (TPSA) is 4.93 Å². The number of hydrogen-bond donors (Lipinski definition) is 1. The molecule has 0 spiro atoms. The third kappa shape index (κ3) is 0.797. The molecule has 0 saturated heterocycles. The van der Waals surface area contributed by atoms with Crippen LogP contribution in [0.4, 0.5) is 0 Å². The van der Waals surface area contributed by atoms with E-state index in [9.17, 15) is 0 Å². The summed E-state index contributed by atoms with van der Waals surface area (Å²) in [7, 11) is 0. The molecule has 0 saturated carbocycles. The van der Waals surface area contributed by atoms with Gasteiger partial charge in [-0.2, -0.15) is 0 Å². The van der Waals surface area contributed by atoms with Crippen LogP contribution in [-0.4, -0.2) is 3.97 Å². The highest BCUT2D eigenvalue weighted by Gasteiger charge is 1.94. The normalized spacial score (nSPS) is 15.3. The Bertz CT molecular complexity index is 348. The Kier molecular flexibility index (Phi) is 1.34. The van der Waals surface area contributed by atoms with Crippen molar-refractivity contribution in [2.24, 2.45) is 0 Å². The van der Waals surface area contributed by atoms with Crippen LogP contribution in [0.2, 0.25) is 0 Å². The largest absolute Gasteiger partial charge is 0.294 e. The zero-order chi connectivity index (χ0) is 6.97. The predicted molar refractivity (Wildman–Crippen MR) is 46.2 cm³/mol. The van der Waals surface area contributed by atoms with Crippen LogP contribution in [0.25, 0.3) is 12.2 Å². The Morgan fingerprint density at radius 3 is 2.90 bits per heavy atom. The molecule has 0 fully saturated rings. The second kappa shape index (κ2) is 2.20. The molecule has 1 aliphatic carbocycles. The first-order valence-electron chi connectivity index (χ1n) is 3.45. The van der Waals surface area contributed by atoms with Crippen LogP contribution >= 0.6 is 12.8 Å². The SMILES string of the molecule is Sn1ccc2c1=CCCC=2. The number of aromatic nitrogens is 1. The smallest absolute Gasteiger partial charge is 0.0545 e. The lowest BCUT2D eigenvalue weighted by Crippen LogP contribution is -2.27. The molecule has 2 rings (SSSR count). The Labute approximate surface area is 65.2 Å². The Morgan fingerprint density at radius 1 is 1.30 bits per heavy atom. The second-order valence-electron chi connectivity index (χ2n) is 2.49. The minimum Gasteiger partial charge on any atom is -0.294 e. The number of thiol groups is 1. The lowest BCUT2D eigenvalue weighted by molar-refractivity contribution is 1.09. The van der Waals surface area contributed by atoms with Crippen molar-refractivity contribution < 1.29 is 0 Å². The van der Waals surface area contributed by atoms with Gasteiger partial charge >= 0.3 is 0 Å². The standard InChI is InChI=1S/C8H9NS/c10-9-6-5-7-3-1-2-4-8(7)9/h3-6,10H,1-2H2. The van der Waals surface area contributed by atoms with Crippen molar-refractivity contribution >= 4 is 25.0 Å². The quantitative estimate of drug-likeness (QED) is 0.516. The van der Waals surface area contributed by atoms with E-state index in [-0.39, 0.29) is 0 Å². The zero-order valence-electron chi connectivity index (χ0n) is 5.62. The minimum absolute atomic E-state index is 1.15. The van der Waals surface area contributed by atoms with E-state index in [2.05, 4.69) is 31.0 Å². The average molecular weight is 151 g/mol. The average Bonchev–Trinajstić information content (AvgIpc) is 2.34. The van der Waals surface area contributed by atoms with E-state index in [1.54, 1.807) is 0 Å². The second-order valence-corrected chi connectivity index (χ2v) is 2.92. The van der Waals surface area contributed by atoms with Gasteiger partial charge in [0.15, 0.2) is 0 Å². The van der Waals surface area contributed by atoms with Crippen molar-refractivity contribution in [3.63, 3.8) is 0 Å². The van der Waals surface area contributed by atoms with E-state index in [0.29, 0.717) is 0 Å². The van der Waals surface area contributed by atoms with E-state index < -0.39 is 0 Å². The maximum atomic E-state index is 4.25. The Hall–Kier alpha value is -0.630. The first-order valence-corrected chi connectivity index (χ1v) is 3.85. The van der Waals surface area contributed by atoms with E-state index in [1.165, 1.54) is 17.0 Å². The molecule has 0 aliphatic heterocycles. The summed E-state index contributed by atoms with van der Waals surface area (Å²) in [6, 6.07) is 2.10. The number of fused-ring (bicyclic) bond motifs is 1. The molecule has 0 unspecified atom stereocenters. The summed E-state index contributed by atoms with van der Waals surface area (Å²) in [5, 5.41) is 2.57. The van der Waals surface area contributed by atoms with Crippen molar-refractivity contribution in [3.05, 3.63) is 22.8 Å². The molecule has 0 bridgehead atoms. The highest BCUT2D eigenvalue weighted by molar-refractivity contribution is 7.78. The molecule has 0 aromatic carbocycles. The van der Waals surface area contributed by atoms with Crippen LogP contribution in [0.3, 0.4) is 0 Å². The molecule has 0 amide bonds. The lowest BCUT2D eigenvalue weighted by atomic mass is 10.2. The Morgan fingerprint density at radius 2 is 2.10 bits per heavy atom. The van der Waals surface area contributed by atoms with Crippen molar-refractivity contribution in [3.8, 4) is 0 Å².